The van der Waals surface area contributed by atoms with Gasteiger partial charge in [0.05, 0.1) is 0 Å². The van der Waals surface area contributed by atoms with Crippen molar-refractivity contribution in [2.75, 3.05) is 13.1 Å². The minimum atomic E-state index is 0.0502. The number of hydrazine groups is 1. The molecular formula is C15H29N3S. The molecule has 4 heteroatoms. The summed E-state index contributed by atoms with van der Waals surface area (Å²) in [6, 6.07) is 4.74. The summed E-state index contributed by atoms with van der Waals surface area (Å²) in [5.74, 6) is 5.82. The summed E-state index contributed by atoms with van der Waals surface area (Å²) < 4.78 is 0. The summed E-state index contributed by atoms with van der Waals surface area (Å²) in [5, 5.41) is 0. The minimum absolute atomic E-state index is 0.0502. The second-order valence-corrected chi connectivity index (χ2v) is 6.72. The van der Waals surface area contributed by atoms with Gasteiger partial charge in [0.2, 0.25) is 0 Å². The van der Waals surface area contributed by atoms with Crippen LogP contribution in [0.3, 0.4) is 0 Å². The highest BCUT2D eigenvalue weighted by atomic mass is 32.1. The molecule has 0 spiro atoms. The van der Waals surface area contributed by atoms with Gasteiger partial charge >= 0.3 is 0 Å². The molecule has 1 unspecified atom stereocenters. The van der Waals surface area contributed by atoms with E-state index in [4.69, 9.17) is 5.84 Å². The molecular weight excluding hydrogens is 254 g/mol. The van der Waals surface area contributed by atoms with E-state index in [2.05, 4.69) is 57.1 Å². The summed E-state index contributed by atoms with van der Waals surface area (Å²) in [6.45, 7) is 13.3. The van der Waals surface area contributed by atoms with Crippen LogP contribution in [-0.4, -0.2) is 29.6 Å². The molecule has 0 bridgehead atoms. The third-order valence-corrected chi connectivity index (χ3v) is 5.36. The zero-order chi connectivity index (χ0) is 14.5. The lowest BCUT2D eigenvalue weighted by atomic mass is 9.89. The number of aryl methyl sites for hydroxylation is 1. The molecule has 1 aromatic rings. The molecule has 0 radical (unpaired) electrons. The number of likely N-dealkylation sites (N-methyl/N-ethyl adjacent to an activating group) is 1. The summed E-state index contributed by atoms with van der Waals surface area (Å²) in [7, 11) is 0. The Kier molecular flexibility index (Phi) is 6.47. The van der Waals surface area contributed by atoms with Crippen LogP contribution in [0.1, 0.15) is 44.4 Å². The smallest absolute Gasteiger partial charge is 0.0437 e. The van der Waals surface area contributed by atoms with Gasteiger partial charge in [-0.1, -0.05) is 20.8 Å². The molecule has 0 amide bonds. The van der Waals surface area contributed by atoms with Crippen LogP contribution in [-0.2, 0) is 12.8 Å². The number of nitrogens with zero attached hydrogens (tertiary/aromatic N) is 1. The van der Waals surface area contributed by atoms with Crippen molar-refractivity contribution in [3.63, 3.8) is 0 Å². The topological polar surface area (TPSA) is 41.3 Å². The predicted molar refractivity (Wildman–Crippen MR) is 85.5 cm³/mol. The van der Waals surface area contributed by atoms with Gasteiger partial charge in [0.15, 0.2) is 0 Å². The monoisotopic (exact) mass is 283 g/mol. The Morgan fingerprint density at radius 2 is 1.79 bits per heavy atom. The predicted octanol–water partition coefficient (Wildman–Crippen LogP) is 2.81. The SMILES string of the molecule is CCc1ccc(CC(NN)C(C)(C)N(CC)CC)s1. The van der Waals surface area contributed by atoms with Crippen LogP contribution in [0, 0.1) is 0 Å². The van der Waals surface area contributed by atoms with E-state index in [9.17, 15) is 0 Å². The fourth-order valence-electron chi connectivity index (χ4n) is 2.69. The van der Waals surface area contributed by atoms with Crippen molar-refractivity contribution >= 4 is 11.3 Å². The van der Waals surface area contributed by atoms with Crippen molar-refractivity contribution in [3.05, 3.63) is 21.9 Å². The first kappa shape index (κ1) is 16.6. The van der Waals surface area contributed by atoms with Gasteiger partial charge < -0.3 is 0 Å². The maximum atomic E-state index is 5.82. The van der Waals surface area contributed by atoms with Crippen LogP contribution in [0.15, 0.2) is 12.1 Å². The minimum Gasteiger partial charge on any atom is -0.297 e. The van der Waals surface area contributed by atoms with E-state index in [1.54, 1.807) is 0 Å². The number of hydrogen-bond donors (Lipinski definition) is 2. The van der Waals surface area contributed by atoms with Crippen molar-refractivity contribution in [3.8, 4) is 0 Å². The first-order valence-corrected chi connectivity index (χ1v) is 8.09. The summed E-state index contributed by atoms with van der Waals surface area (Å²) >= 11 is 1.91. The Bertz CT molecular complexity index is 369. The van der Waals surface area contributed by atoms with Gasteiger partial charge in [-0.25, -0.2) is 0 Å². The molecule has 3 nitrogen and oxygen atoms in total. The molecule has 110 valence electrons. The molecule has 1 rings (SSSR count). The summed E-state index contributed by atoms with van der Waals surface area (Å²) in [5.41, 5.74) is 3.08. The number of thiophene rings is 1. The Balaban J connectivity index is 2.81. The van der Waals surface area contributed by atoms with Gasteiger partial charge in [-0.05, 0) is 45.5 Å². The molecule has 0 aliphatic rings. The van der Waals surface area contributed by atoms with Gasteiger partial charge in [-0.3, -0.25) is 16.2 Å². The largest absolute Gasteiger partial charge is 0.297 e. The average Bonchev–Trinajstić information content (AvgIpc) is 2.84. The molecule has 1 heterocycles. The molecule has 0 fully saturated rings. The molecule has 0 aliphatic carbocycles. The first-order valence-electron chi connectivity index (χ1n) is 7.28. The van der Waals surface area contributed by atoms with E-state index in [0.717, 1.165) is 25.9 Å². The number of hydrogen-bond acceptors (Lipinski definition) is 4. The van der Waals surface area contributed by atoms with Crippen molar-refractivity contribution in [1.82, 2.24) is 10.3 Å². The normalized spacial score (nSPS) is 14.1. The standard InChI is InChI=1S/C15H29N3S/c1-6-12-9-10-13(19-12)11-14(17-16)15(4,5)18(7-2)8-3/h9-10,14,17H,6-8,11,16H2,1-5H3. The Morgan fingerprint density at radius 3 is 2.21 bits per heavy atom. The highest BCUT2D eigenvalue weighted by molar-refractivity contribution is 7.11. The number of rotatable bonds is 8. The lowest BCUT2D eigenvalue weighted by molar-refractivity contribution is 0.0915. The van der Waals surface area contributed by atoms with E-state index in [0.29, 0.717) is 0 Å². The highest BCUT2D eigenvalue weighted by Gasteiger charge is 2.33. The zero-order valence-electron chi connectivity index (χ0n) is 13.0. The van der Waals surface area contributed by atoms with Crippen LogP contribution in [0.25, 0.3) is 0 Å². The van der Waals surface area contributed by atoms with Gasteiger partial charge in [0.1, 0.15) is 0 Å². The second kappa shape index (κ2) is 7.39. The fraction of sp³-hybridized carbons (Fsp3) is 0.733. The summed E-state index contributed by atoms with van der Waals surface area (Å²) in [6.07, 6.45) is 2.11. The van der Waals surface area contributed by atoms with Crippen molar-refractivity contribution < 1.29 is 0 Å². The first-order chi connectivity index (χ1) is 8.99. The van der Waals surface area contributed by atoms with E-state index < -0.39 is 0 Å². The maximum absolute atomic E-state index is 5.82. The van der Waals surface area contributed by atoms with Crippen LogP contribution in [0.4, 0.5) is 0 Å². The number of nitrogens with one attached hydrogen (secondary N) is 1. The lowest BCUT2D eigenvalue weighted by Crippen LogP contribution is -2.60. The maximum Gasteiger partial charge on any atom is 0.0437 e. The van der Waals surface area contributed by atoms with Crippen molar-refractivity contribution in [1.29, 1.82) is 0 Å². The van der Waals surface area contributed by atoms with E-state index in [1.165, 1.54) is 9.75 Å². The Morgan fingerprint density at radius 1 is 1.21 bits per heavy atom. The van der Waals surface area contributed by atoms with Crippen molar-refractivity contribution in [2.45, 2.75) is 59.0 Å². The zero-order valence-corrected chi connectivity index (χ0v) is 13.8. The Labute approximate surface area is 122 Å². The molecule has 0 aromatic carbocycles. The third kappa shape index (κ3) is 4.02. The van der Waals surface area contributed by atoms with Crippen LogP contribution < -0.4 is 11.3 Å². The van der Waals surface area contributed by atoms with Crippen LogP contribution in [0.5, 0.6) is 0 Å². The quantitative estimate of drug-likeness (QED) is 0.569. The van der Waals surface area contributed by atoms with Gasteiger partial charge in [0.25, 0.3) is 0 Å². The van der Waals surface area contributed by atoms with Gasteiger partial charge in [0, 0.05) is 27.8 Å². The van der Waals surface area contributed by atoms with Crippen molar-refractivity contribution in [2.24, 2.45) is 5.84 Å². The van der Waals surface area contributed by atoms with E-state index in [1.807, 2.05) is 11.3 Å². The van der Waals surface area contributed by atoms with Gasteiger partial charge in [-0.15, -0.1) is 11.3 Å². The average molecular weight is 283 g/mol. The van der Waals surface area contributed by atoms with Crippen LogP contribution >= 0.6 is 11.3 Å². The Hall–Kier alpha value is -0.420. The van der Waals surface area contributed by atoms with E-state index >= 15 is 0 Å². The van der Waals surface area contributed by atoms with Gasteiger partial charge in [-0.2, -0.15) is 0 Å². The third-order valence-electron chi connectivity index (χ3n) is 4.10. The molecule has 3 N–H and O–H groups in total. The summed E-state index contributed by atoms with van der Waals surface area (Å²) in [4.78, 5) is 5.33. The molecule has 0 saturated heterocycles. The molecule has 1 atom stereocenters. The number of nitrogens with two attached hydrogens (primary N) is 1. The fourth-order valence-corrected chi connectivity index (χ4v) is 3.70. The molecule has 1 aromatic heterocycles. The lowest BCUT2D eigenvalue weighted by Gasteiger charge is -2.43. The molecule has 0 saturated carbocycles. The molecule has 0 aliphatic heterocycles. The molecule has 19 heavy (non-hydrogen) atoms. The highest BCUT2D eigenvalue weighted by Crippen LogP contribution is 2.25. The van der Waals surface area contributed by atoms with E-state index in [-0.39, 0.29) is 11.6 Å². The van der Waals surface area contributed by atoms with Crippen LogP contribution in [0.2, 0.25) is 0 Å². The second-order valence-electron chi connectivity index (χ2n) is 5.47.